The van der Waals surface area contributed by atoms with Gasteiger partial charge in [0.15, 0.2) is 0 Å². The largest absolute Gasteiger partial charge is 0.523 e. The number of esters is 1. The number of carbonyl (C=O) groups excluding carboxylic acids is 1. The fourth-order valence-electron chi connectivity index (χ4n) is 3.52. The molecule has 0 aromatic carbocycles. The van der Waals surface area contributed by atoms with Gasteiger partial charge in [-0.1, -0.05) is 76.9 Å². The summed E-state index contributed by atoms with van der Waals surface area (Å²) in [4.78, 5) is 11.8. The molecule has 0 aliphatic heterocycles. The van der Waals surface area contributed by atoms with Gasteiger partial charge in [0, 0.05) is 6.42 Å². The van der Waals surface area contributed by atoms with Crippen molar-refractivity contribution in [3.63, 3.8) is 0 Å². The van der Waals surface area contributed by atoms with Gasteiger partial charge >= 0.3 is 21.6 Å². The first-order chi connectivity index (χ1) is 17.2. The molecule has 0 bridgehead atoms. The Labute approximate surface area is 213 Å². The van der Waals surface area contributed by atoms with Crippen LogP contribution in [0.25, 0.3) is 0 Å². The van der Waals surface area contributed by atoms with Gasteiger partial charge in [-0.3, -0.25) is 8.98 Å². The Morgan fingerprint density at radius 1 is 0.833 bits per heavy atom. The number of ether oxygens (including phenoxy) is 1. The second-order valence-electron chi connectivity index (χ2n) is 8.88. The van der Waals surface area contributed by atoms with Crippen LogP contribution >= 0.6 is 0 Å². The summed E-state index contributed by atoms with van der Waals surface area (Å²) in [5, 5.41) is 0. The first-order valence-corrected chi connectivity index (χ1v) is 14.4. The molecule has 6 nitrogen and oxygen atoms in total. The summed E-state index contributed by atoms with van der Waals surface area (Å²) < 4.78 is 72.6. The summed E-state index contributed by atoms with van der Waals surface area (Å²) in [6, 6.07) is 2.65. The van der Waals surface area contributed by atoms with Crippen molar-refractivity contribution >= 4 is 16.1 Å². The number of carbonyl (C=O) groups is 1. The SMILES string of the molecule is CCCCCCCCC/C=C\CCCCCCCC(=O)OCc1ccc(COS(=O)(=O)C(F)(F)F)o1. The molecule has 0 atom stereocenters. The maximum absolute atomic E-state index is 12.2. The zero-order valence-corrected chi connectivity index (χ0v) is 22.1. The van der Waals surface area contributed by atoms with Crippen molar-refractivity contribution in [3.05, 3.63) is 35.8 Å². The zero-order chi connectivity index (χ0) is 26.7. The zero-order valence-electron chi connectivity index (χ0n) is 21.3. The third-order valence-electron chi connectivity index (χ3n) is 5.63. The van der Waals surface area contributed by atoms with Crippen LogP contribution in [0.2, 0.25) is 0 Å². The van der Waals surface area contributed by atoms with E-state index in [1.807, 2.05) is 0 Å². The van der Waals surface area contributed by atoms with Crippen molar-refractivity contribution in [1.82, 2.24) is 0 Å². The molecule has 0 amide bonds. The topological polar surface area (TPSA) is 82.8 Å². The predicted molar refractivity (Wildman–Crippen MR) is 132 cm³/mol. The summed E-state index contributed by atoms with van der Waals surface area (Å²) in [5.41, 5.74) is -5.50. The Morgan fingerprint density at radius 2 is 1.33 bits per heavy atom. The third kappa shape index (κ3) is 15.3. The molecule has 0 saturated carbocycles. The smallest absolute Gasteiger partial charge is 0.460 e. The number of unbranched alkanes of at least 4 members (excludes halogenated alkanes) is 12. The monoisotopic (exact) mass is 538 g/mol. The van der Waals surface area contributed by atoms with E-state index >= 15 is 0 Å². The molecule has 10 heteroatoms. The van der Waals surface area contributed by atoms with E-state index in [-0.39, 0.29) is 24.5 Å². The van der Waals surface area contributed by atoms with E-state index in [4.69, 9.17) is 9.15 Å². The Hall–Kier alpha value is -1.81. The number of allylic oxidation sites excluding steroid dienone is 2. The van der Waals surface area contributed by atoms with Gasteiger partial charge in [-0.25, -0.2) is 0 Å². The highest BCUT2D eigenvalue weighted by Crippen LogP contribution is 2.25. The quantitative estimate of drug-likeness (QED) is 0.0517. The summed E-state index contributed by atoms with van der Waals surface area (Å²) in [6.45, 7) is 1.15. The average Bonchev–Trinajstić information content (AvgIpc) is 3.28. The molecule has 36 heavy (non-hydrogen) atoms. The molecule has 0 unspecified atom stereocenters. The van der Waals surface area contributed by atoms with Crippen LogP contribution < -0.4 is 0 Å². The average molecular weight is 539 g/mol. The van der Waals surface area contributed by atoms with Crippen LogP contribution in [0.3, 0.4) is 0 Å². The second kappa shape index (κ2) is 18.4. The van der Waals surface area contributed by atoms with Crippen molar-refractivity contribution in [3.8, 4) is 0 Å². The molecule has 0 aliphatic rings. The van der Waals surface area contributed by atoms with Gasteiger partial charge in [0.05, 0.1) is 0 Å². The number of rotatable bonds is 21. The number of halogens is 3. The molecular weight excluding hydrogens is 497 g/mol. The highest BCUT2D eigenvalue weighted by molar-refractivity contribution is 7.87. The van der Waals surface area contributed by atoms with Crippen LogP contribution in [0.1, 0.15) is 115 Å². The van der Waals surface area contributed by atoms with E-state index in [9.17, 15) is 26.4 Å². The molecule has 0 saturated heterocycles. The van der Waals surface area contributed by atoms with Gasteiger partial charge < -0.3 is 9.15 Å². The lowest BCUT2D eigenvalue weighted by molar-refractivity contribution is -0.145. The van der Waals surface area contributed by atoms with Gasteiger partial charge in [0.1, 0.15) is 24.7 Å². The molecule has 0 spiro atoms. The third-order valence-corrected chi connectivity index (χ3v) is 6.62. The van der Waals surface area contributed by atoms with Crippen LogP contribution in [-0.2, 0) is 37.0 Å². The Kier molecular flexibility index (Phi) is 16.5. The molecule has 0 radical (unpaired) electrons. The summed E-state index contributed by atoms with van der Waals surface area (Å²) in [5.74, 6) is -0.329. The van der Waals surface area contributed by atoms with E-state index in [1.165, 1.54) is 63.5 Å². The second-order valence-corrected chi connectivity index (χ2v) is 10.5. The van der Waals surface area contributed by atoms with Crippen molar-refractivity contribution in [2.75, 3.05) is 0 Å². The van der Waals surface area contributed by atoms with Gasteiger partial charge in [0.25, 0.3) is 0 Å². The molecule has 0 N–H and O–H groups in total. The lowest BCUT2D eigenvalue weighted by Crippen LogP contribution is -2.25. The number of hydrogen-bond acceptors (Lipinski definition) is 6. The summed E-state index contributed by atoms with van der Waals surface area (Å²) >= 11 is 0. The molecule has 0 fully saturated rings. The van der Waals surface area contributed by atoms with Crippen LogP contribution in [0, 0.1) is 0 Å². The lowest BCUT2D eigenvalue weighted by atomic mass is 10.1. The molecule has 1 heterocycles. The summed E-state index contributed by atoms with van der Waals surface area (Å²) in [7, 11) is -5.69. The minimum absolute atomic E-state index is 0.124. The fourth-order valence-corrected chi connectivity index (χ4v) is 3.93. The first-order valence-electron chi connectivity index (χ1n) is 13.0. The maximum Gasteiger partial charge on any atom is 0.523 e. The minimum atomic E-state index is -5.69. The van der Waals surface area contributed by atoms with Gasteiger partial charge in [-0.15, -0.1) is 0 Å². The Bertz CT molecular complexity index is 846. The fraction of sp³-hybridized carbons (Fsp3) is 0.731. The van der Waals surface area contributed by atoms with Crippen LogP contribution in [0.4, 0.5) is 13.2 Å². The van der Waals surface area contributed by atoms with Gasteiger partial charge in [0.2, 0.25) is 0 Å². The molecule has 0 aliphatic carbocycles. The Balaban J connectivity index is 2.00. The van der Waals surface area contributed by atoms with Crippen molar-refractivity contribution < 1.29 is 39.7 Å². The lowest BCUT2D eigenvalue weighted by Gasteiger charge is -2.06. The highest BCUT2D eigenvalue weighted by Gasteiger charge is 2.47. The van der Waals surface area contributed by atoms with Crippen molar-refractivity contribution in [1.29, 1.82) is 0 Å². The molecule has 1 aromatic rings. The van der Waals surface area contributed by atoms with E-state index < -0.39 is 28.2 Å². The highest BCUT2D eigenvalue weighted by atomic mass is 32.2. The van der Waals surface area contributed by atoms with E-state index in [0.717, 1.165) is 38.5 Å². The Morgan fingerprint density at radius 3 is 1.89 bits per heavy atom. The van der Waals surface area contributed by atoms with E-state index in [1.54, 1.807) is 0 Å². The molecular formula is C26H41F3O6S. The predicted octanol–water partition coefficient (Wildman–Crippen LogP) is 8.12. The van der Waals surface area contributed by atoms with Gasteiger partial charge in [-0.05, 0) is 44.2 Å². The van der Waals surface area contributed by atoms with Crippen molar-refractivity contribution in [2.45, 2.75) is 122 Å². The molecule has 208 valence electrons. The minimum Gasteiger partial charge on any atom is -0.460 e. The van der Waals surface area contributed by atoms with Crippen LogP contribution in [-0.4, -0.2) is 19.9 Å². The first kappa shape index (κ1) is 32.2. The standard InChI is InChI=1S/C26H41F3O6S/c1-2-3-4-5-6-7-8-9-10-11-12-13-14-15-16-17-18-25(30)33-21-23-19-20-24(35-23)22-34-36(31,32)26(27,28)29/h10-11,19-20H,2-9,12-18,21-22H2,1H3/b11-10-. The van der Waals surface area contributed by atoms with Crippen LogP contribution in [0.5, 0.6) is 0 Å². The molecule has 1 aromatic heterocycles. The van der Waals surface area contributed by atoms with Crippen LogP contribution in [0.15, 0.2) is 28.7 Å². The number of alkyl halides is 3. The molecule has 1 rings (SSSR count). The van der Waals surface area contributed by atoms with E-state index in [2.05, 4.69) is 23.3 Å². The number of hydrogen-bond donors (Lipinski definition) is 0. The normalized spacial score (nSPS) is 12.4. The van der Waals surface area contributed by atoms with E-state index in [0.29, 0.717) is 0 Å². The van der Waals surface area contributed by atoms with Gasteiger partial charge in [-0.2, -0.15) is 21.6 Å². The summed E-state index contributed by atoms with van der Waals surface area (Å²) in [6.07, 6.45) is 21.4. The maximum atomic E-state index is 12.2. The van der Waals surface area contributed by atoms with Crippen molar-refractivity contribution in [2.24, 2.45) is 0 Å². The number of furan rings is 1.